The molecule has 0 amide bonds. The first-order valence-corrected chi connectivity index (χ1v) is 5.80. The van der Waals surface area contributed by atoms with Crippen molar-refractivity contribution < 1.29 is 14.3 Å². The molecule has 0 radical (unpaired) electrons. The van der Waals surface area contributed by atoms with E-state index in [-0.39, 0.29) is 24.0 Å². The van der Waals surface area contributed by atoms with Crippen LogP contribution in [0.4, 0.5) is 0 Å². The maximum Gasteiger partial charge on any atom is 0.142 e. The molecule has 0 unspecified atom stereocenters. The van der Waals surface area contributed by atoms with Crippen LogP contribution in [0.15, 0.2) is 12.2 Å². The van der Waals surface area contributed by atoms with E-state index in [9.17, 15) is 9.59 Å². The average molecular weight is 222 g/mol. The Bertz CT molecular complexity index is 358. The molecule has 1 saturated heterocycles. The minimum absolute atomic E-state index is 0.152. The predicted octanol–water partition coefficient (Wildman–Crippen LogP) is 1.90. The molecular weight excluding hydrogens is 204 g/mol. The second kappa shape index (κ2) is 3.52. The van der Waals surface area contributed by atoms with E-state index in [1.54, 1.807) is 0 Å². The molecule has 88 valence electrons. The Hall–Kier alpha value is -0.960. The zero-order valence-corrected chi connectivity index (χ0v) is 10.0. The lowest BCUT2D eigenvalue weighted by molar-refractivity contribution is -0.179. The highest BCUT2D eigenvalue weighted by molar-refractivity contribution is 5.87. The van der Waals surface area contributed by atoms with E-state index in [0.717, 1.165) is 6.29 Å². The van der Waals surface area contributed by atoms with E-state index < -0.39 is 11.2 Å². The lowest BCUT2D eigenvalue weighted by Crippen LogP contribution is -2.54. The first-order chi connectivity index (χ1) is 7.43. The standard InChI is InChI=1S/C13H18O3/c1-9(2)13-6-5-12(3,16-13)8-11(15)10(13)4-7-14/h5-7,9-10H,4,8H2,1-3H3/t10-,12+,13+/m0/s1. The summed E-state index contributed by atoms with van der Waals surface area (Å²) in [6.07, 6.45) is 5.45. The summed E-state index contributed by atoms with van der Waals surface area (Å²) in [6.45, 7) is 6.00. The molecule has 3 nitrogen and oxygen atoms in total. The molecule has 0 N–H and O–H groups in total. The molecule has 3 heteroatoms. The van der Waals surface area contributed by atoms with Gasteiger partial charge in [-0.2, -0.15) is 0 Å². The number of fused-ring (bicyclic) bond motifs is 2. The van der Waals surface area contributed by atoms with Crippen LogP contribution in [0, 0.1) is 11.8 Å². The fraction of sp³-hybridized carbons (Fsp3) is 0.692. The lowest BCUT2D eigenvalue weighted by Gasteiger charge is -2.45. The van der Waals surface area contributed by atoms with Gasteiger partial charge in [0.05, 0.1) is 17.1 Å². The Morgan fingerprint density at radius 3 is 2.81 bits per heavy atom. The van der Waals surface area contributed by atoms with Gasteiger partial charge >= 0.3 is 0 Å². The highest BCUT2D eigenvalue weighted by Gasteiger charge is 2.56. The molecule has 2 bridgehead atoms. The third-order valence-electron chi connectivity index (χ3n) is 3.80. The molecule has 1 fully saturated rings. The summed E-state index contributed by atoms with van der Waals surface area (Å²) in [6, 6.07) is 0. The first kappa shape index (κ1) is 11.5. The molecule has 2 heterocycles. The summed E-state index contributed by atoms with van der Waals surface area (Å²) in [5, 5.41) is 0. The molecule has 2 rings (SSSR count). The summed E-state index contributed by atoms with van der Waals surface area (Å²) in [4.78, 5) is 22.8. The summed E-state index contributed by atoms with van der Waals surface area (Å²) >= 11 is 0. The Morgan fingerprint density at radius 2 is 2.25 bits per heavy atom. The van der Waals surface area contributed by atoms with Gasteiger partial charge in [-0.1, -0.05) is 26.0 Å². The molecule has 0 aliphatic carbocycles. The highest BCUT2D eigenvalue weighted by atomic mass is 16.5. The van der Waals surface area contributed by atoms with Crippen LogP contribution in [0.1, 0.15) is 33.6 Å². The Balaban J connectivity index is 2.41. The Kier molecular flexibility index (Phi) is 2.54. The van der Waals surface area contributed by atoms with Gasteiger partial charge in [-0.15, -0.1) is 0 Å². The Labute approximate surface area is 95.9 Å². The molecule has 2 aliphatic rings. The predicted molar refractivity (Wildman–Crippen MR) is 60.0 cm³/mol. The topological polar surface area (TPSA) is 43.4 Å². The van der Waals surface area contributed by atoms with Crippen molar-refractivity contribution in [3.63, 3.8) is 0 Å². The van der Waals surface area contributed by atoms with E-state index >= 15 is 0 Å². The first-order valence-electron chi connectivity index (χ1n) is 5.80. The smallest absolute Gasteiger partial charge is 0.142 e. The maximum atomic E-state index is 12.1. The molecule has 0 aromatic rings. The van der Waals surface area contributed by atoms with Crippen LogP contribution < -0.4 is 0 Å². The zero-order valence-electron chi connectivity index (χ0n) is 10.0. The minimum atomic E-state index is -0.564. The molecular formula is C13H18O3. The highest BCUT2D eigenvalue weighted by Crippen LogP contribution is 2.49. The van der Waals surface area contributed by atoms with Gasteiger partial charge in [0.15, 0.2) is 0 Å². The van der Waals surface area contributed by atoms with Gasteiger partial charge in [0.2, 0.25) is 0 Å². The molecule has 16 heavy (non-hydrogen) atoms. The zero-order chi connectivity index (χ0) is 12.0. The number of carbonyl (C=O) groups is 2. The van der Waals surface area contributed by atoms with Crippen molar-refractivity contribution in [2.24, 2.45) is 11.8 Å². The monoisotopic (exact) mass is 222 g/mol. The minimum Gasteiger partial charge on any atom is -0.359 e. The van der Waals surface area contributed by atoms with E-state index in [4.69, 9.17) is 4.74 Å². The molecule has 0 aromatic heterocycles. The Morgan fingerprint density at radius 1 is 1.56 bits per heavy atom. The number of aldehydes is 1. The number of rotatable bonds is 3. The molecule has 0 spiro atoms. The fourth-order valence-corrected chi connectivity index (χ4v) is 2.91. The summed E-state index contributed by atoms with van der Waals surface area (Å²) in [5.41, 5.74) is -1.02. The van der Waals surface area contributed by atoms with E-state index in [2.05, 4.69) is 0 Å². The van der Waals surface area contributed by atoms with Gasteiger partial charge < -0.3 is 9.53 Å². The van der Waals surface area contributed by atoms with Crippen molar-refractivity contribution in [1.82, 2.24) is 0 Å². The number of Topliss-reactive ketones (excluding diaryl/α,β-unsaturated/α-hetero) is 1. The molecule has 3 atom stereocenters. The second-order valence-corrected chi connectivity index (χ2v) is 5.35. The molecule has 0 saturated carbocycles. The van der Waals surface area contributed by atoms with Gasteiger partial charge in [-0.25, -0.2) is 0 Å². The molecule has 0 aromatic carbocycles. The third-order valence-corrected chi connectivity index (χ3v) is 3.80. The average Bonchev–Trinajstić information content (AvgIpc) is 2.49. The number of ketones is 1. The summed E-state index contributed by atoms with van der Waals surface area (Å²) < 4.78 is 6.08. The van der Waals surface area contributed by atoms with Crippen molar-refractivity contribution in [2.75, 3.05) is 0 Å². The third kappa shape index (κ3) is 1.46. The largest absolute Gasteiger partial charge is 0.359 e. The van der Waals surface area contributed by atoms with Crippen LogP contribution in [-0.4, -0.2) is 23.3 Å². The van der Waals surface area contributed by atoms with Gasteiger partial charge in [0.1, 0.15) is 12.1 Å². The van der Waals surface area contributed by atoms with E-state index in [1.165, 1.54) is 0 Å². The maximum absolute atomic E-state index is 12.1. The number of hydrogen-bond acceptors (Lipinski definition) is 3. The van der Waals surface area contributed by atoms with Crippen molar-refractivity contribution in [2.45, 2.75) is 44.8 Å². The van der Waals surface area contributed by atoms with Crippen molar-refractivity contribution in [3.05, 3.63) is 12.2 Å². The van der Waals surface area contributed by atoms with Crippen LogP contribution in [-0.2, 0) is 14.3 Å². The number of ether oxygens (including phenoxy) is 1. The SMILES string of the molecule is CC(C)[C@]12C=C[C@](C)(CC(=O)[C@@H]1CC=O)O2. The second-order valence-electron chi connectivity index (χ2n) is 5.35. The van der Waals surface area contributed by atoms with Crippen LogP contribution >= 0.6 is 0 Å². The van der Waals surface area contributed by atoms with Crippen molar-refractivity contribution >= 4 is 12.1 Å². The van der Waals surface area contributed by atoms with Crippen LogP contribution in [0.3, 0.4) is 0 Å². The summed E-state index contributed by atoms with van der Waals surface area (Å²) in [5.74, 6) is 0.0381. The van der Waals surface area contributed by atoms with Crippen molar-refractivity contribution in [1.29, 1.82) is 0 Å². The van der Waals surface area contributed by atoms with Crippen LogP contribution in [0.5, 0.6) is 0 Å². The van der Waals surface area contributed by atoms with E-state index in [0.29, 0.717) is 6.42 Å². The van der Waals surface area contributed by atoms with Crippen LogP contribution in [0.25, 0.3) is 0 Å². The van der Waals surface area contributed by atoms with Gasteiger partial charge in [0, 0.05) is 12.8 Å². The molecule has 2 aliphatic heterocycles. The summed E-state index contributed by atoms with van der Waals surface area (Å²) in [7, 11) is 0. The lowest BCUT2D eigenvalue weighted by atomic mass is 9.73. The number of carbonyl (C=O) groups excluding carboxylic acids is 2. The van der Waals surface area contributed by atoms with Crippen LogP contribution in [0.2, 0.25) is 0 Å². The van der Waals surface area contributed by atoms with Gasteiger partial charge in [-0.05, 0) is 12.8 Å². The fourth-order valence-electron chi connectivity index (χ4n) is 2.91. The van der Waals surface area contributed by atoms with Crippen molar-refractivity contribution in [3.8, 4) is 0 Å². The normalized spacial score (nSPS) is 41.8. The van der Waals surface area contributed by atoms with E-state index in [1.807, 2.05) is 32.9 Å². The quantitative estimate of drug-likeness (QED) is 0.541. The van der Waals surface area contributed by atoms with Gasteiger partial charge in [0.25, 0.3) is 0 Å². The number of hydrogen-bond donors (Lipinski definition) is 0. The van der Waals surface area contributed by atoms with Gasteiger partial charge in [-0.3, -0.25) is 4.79 Å².